The highest BCUT2D eigenvalue weighted by atomic mass is 19.2. The molecule has 0 heterocycles. The van der Waals surface area contributed by atoms with Gasteiger partial charge in [0.05, 0.1) is 11.6 Å². The first-order valence-electron chi connectivity index (χ1n) is 5.76. The number of halogens is 2. The molecule has 2 nitrogen and oxygen atoms in total. The van der Waals surface area contributed by atoms with Crippen LogP contribution in [0.3, 0.4) is 0 Å². The van der Waals surface area contributed by atoms with Gasteiger partial charge in [-0.25, -0.2) is 8.78 Å². The molecule has 19 heavy (non-hydrogen) atoms. The van der Waals surface area contributed by atoms with Gasteiger partial charge in [0.15, 0.2) is 11.6 Å². The summed E-state index contributed by atoms with van der Waals surface area (Å²) >= 11 is 0. The summed E-state index contributed by atoms with van der Waals surface area (Å²) in [7, 11) is 1.76. The first-order valence-corrected chi connectivity index (χ1v) is 5.76. The fourth-order valence-corrected chi connectivity index (χ4v) is 1.83. The monoisotopic (exact) mass is 258 g/mol. The van der Waals surface area contributed by atoms with Crippen LogP contribution in [0.15, 0.2) is 42.5 Å². The molecule has 0 aliphatic rings. The van der Waals surface area contributed by atoms with E-state index in [1.54, 1.807) is 36.2 Å². The summed E-state index contributed by atoms with van der Waals surface area (Å²) in [6, 6.07) is 13.1. The second kappa shape index (κ2) is 5.49. The first-order chi connectivity index (χ1) is 9.11. The maximum absolute atomic E-state index is 13.6. The Hall–Kier alpha value is -2.41. The number of hydrogen-bond donors (Lipinski definition) is 0. The summed E-state index contributed by atoms with van der Waals surface area (Å²) in [5.74, 6) is -1.68. The lowest BCUT2D eigenvalue weighted by atomic mass is 10.1. The third-order valence-electron chi connectivity index (χ3n) is 2.86. The number of nitrogens with zero attached hydrogens (tertiary/aromatic N) is 2. The Kier molecular flexibility index (Phi) is 3.76. The largest absolute Gasteiger partial charge is 0.370 e. The number of rotatable bonds is 3. The molecule has 0 aliphatic heterocycles. The zero-order valence-electron chi connectivity index (χ0n) is 10.4. The smallest absolute Gasteiger partial charge is 0.163 e. The third kappa shape index (κ3) is 2.89. The highest BCUT2D eigenvalue weighted by Gasteiger charge is 2.10. The lowest BCUT2D eigenvalue weighted by molar-refractivity contribution is 0.498. The molecule has 0 radical (unpaired) electrons. The number of anilines is 1. The summed E-state index contributed by atoms with van der Waals surface area (Å²) in [6.45, 7) is 0.235. The van der Waals surface area contributed by atoms with Gasteiger partial charge in [-0.05, 0) is 24.3 Å². The zero-order chi connectivity index (χ0) is 13.8. The van der Waals surface area contributed by atoms with E-state index >= 15 is 0 Å². The summed E-state index contributed by atoms with van der Waals surface area (Å²) in [5, 5.41) is 8.84. The van der Waals surface area contributed by atoms with Gasteiger partial charge in [0.25, 0.3) is 0 Å². The van der Waals surface area contributed by atoms with Crippen molar-refractivity contribution in [1.82, 2.24) is 0 Å². The van der Waals surface area contributed by atoms with Crippen LogP contribution in [0.1, 0.15) is 11.1 Å². The van der Waals surface area contributed by atoms with Crippen LogP contribution in [0, 0.1) is 23.0 Å². The standard InChI is InChI=1S/C15H12F2N2/c1-19(13-6-2-4-11(8-13)9-18)10-12-5-3-7-14(16)15(12)17/h2-8H,10H2,1H3. The quantitative estimate of drug-likeness (QED) is 0.842. The van der Waals surface area contributed by atoms with Gasteiger partial charge in [-0.2, -0.15) is 5.26 Å². The van der Waals surface area contributed by atoms with Crippen molar-refractivity contribution in [3.63, 3.8) is 0 Å². The van der Waals surface area contributed by atoms with Gasteiger partial charge in [-0.15, -0.1) is 0 Å². The van der Waals surface area contributed by atoms with Crippen LogP contribution in [0.4, 0.5) is 14.5 Å². The lowest BCUT2D eigenvalue weighted by Gasteiger charge is -2.20. The average molecular weight is 258 g/mol. The summed E-state index contributed by atoms with van der Waals surface area (Å²) in [4.78, 5) is 1.76. The molecule has 0 atom stereocenters. The van der Waals surface area contributed by atoms with E-state index in [0.29, 0.717) is 5.56 Å². The number of nitriles is 1. The Morgan fingerprint density at radius 1 is 1.16 bits per heavy atom. The minimum absolute atomic E-state index is 0.235. The Balaban J connectivity index is 2.23. The molecule has 2 rings (SSSR count). The van der Waals surface area contributed by atoms with E-state index in [1.807, 2.05) is 12.1 Å². The summed E-state index contributed by atoms with van der Waals surface area (Å²) in [5.41, 5.74) is 1.59. The van der Waals surface area contributed by atoms with Crippen molar-refractivity contribution in [1.29, 1.82) is 5.26 Å². The molecule has 0 N–H and O–H groups in total. The Labute approximate surface area is 110 Å². The van der Waals surface area contributed by atoms with Crippen molar-refractivity contribution in [3.05, 3.63) is 65.2 Å². The van der Waals surface area contributed by atoms with Crippen molar-refractivity contribution >= 4 is 5.69 Å². The van der Waals surface area contributed by atoms with Crippen LogP contribution < -0.4 is 4.90 Å². The van der Waals surface area contributed by atoms with Crippen LogP contribution in [0.2, 0.25) is 0 Å². The normalized spacial score (nSPS) is 10.0. The van der Waals surface area contributed by atoms with E-state index in [0.717, 1.165) is 11.8 Å². The van der Waals surface area contributed by atoms with E-state index in [-0.39, 0.29) is 12.1 Å². The maximum Gasteiger partial charge on any atom is 0.163 e. The second-order valence-electron chi connectivity index (χ2n) is 4.23. The molecule has 0 saturated carbocycles. The predicted octanol–water partition coefficient (Wildman–Crippen LogP) is 3.47. The molecular weight excluding hydrogens is 246 g/mol. The molecule has 96 valence electrons. The molecule has 0 unspecified atom stereocenters. The number of hydrogen-bond acceptors (Lipinski definition) is 2. The van der Waals surface area contributed by atoms with E-state index in [1.165, 1.54) is 6.07 Å². The molecular formula is C15H12F2N2. The lowest BCUT2D eigenvalue weighted by Crippen LogP contribution is -2.17. The molecule has 0 fully saturated rings. The molecule has 0 amide bonds. The van der Waals surface area contributed by atoms with Crippen LogP contribution in [-0.2, 0) is 6.54 Å². The Morgan fingerprint density at radius 3 is 2.63 bits per heavy atom. The SMILES string of the molecule is CN(Cc1cccc(F)c1F)c1cccc(C#N)c1. The van der Waals surface area contributed by atoms with Gasteiger partial charge in [0, 0.05) is 24.8 Å². The maximum atomic E-state index is 13.6. The average Bonchev–Trinajstić information content (AvgIpc) is 2.44. The van der Waals surface area contributed by atoms with Crippen LogP contribution >= 0.6 is 0 Å². The third-order valence-corrected chi connectivity index (χ3v) is 2.86. The summed E-state index contributed by atoms with van der Waals surface area (Å²) in [6.07, 6.45) is 0. The van der Waals surface area contributed by atoms with Crippen LogP contribution in [0.25, 0.3) is 0 Å². The van der Waals surface area contributed by atoms with Gasteiger partial charge in [-0.1, -0.05) is 18.2 Å². The van der Waals surface area contributed by atoms with Gasteiger partial charge in [0.1, 0.15) is 0 Å². The molecule has 0 spiro atoms. The molecule has 0 bridgehead atoms. The molecule has 4 heteroatoms. The van der Waals surface area contributed by atoms with Gasteiger partial charge in [-0.3, -0.25) is 0 Å². The van der Waals surface area contributed by atoms with Crippen molar-refractivity contribution in [2.45, 2.75) is 6.54 Å². The van der Waals surface area contributed by atoms with Crippen molar-refractivity contribution < 1.29 is 8.78 Å². The van der Waals surface area contributed by atoms with Crippen molar-refractivity contribution in [2.24, 2.45) is 0 Å². The molecule has 0 aliphatic carbocycles. The van der Waals surface area contributed by atoms with E-state index in [2.05, 4.69) is 0 Å². The van der Waals surface area contributed by atoms with Crippen molar-refractivity contribution in [2.75, 3.05) is 11.9 Å². The minimum Gasteiger partial charge on any atom is -0.370 e. The first kappa shape index (κ1) is 13.0. The van der Waals surface area contributed by atoms with Crippen molar-refractivity contribution in [3.8, 4) is 6.07 Å². The molecule has 0 saturated heterocycles. The topological polar surface area (TPSA) is 27.0 Å². The van der Waals surface area contributed by atoms with Crippen LogP contribution in [-0.4, -0.2) is 7.05 Å². The molecule has 0 aromatic heterocycles. The van der Waals surface area contributed by atoms with Gasteiger partial charge in [0.2, 0.25) is 0 Å². The van der Waals surface area contributed by atoms with Gasteiger partial charge >= 0.3 is 0 Å². The predicted molar refractivity (Wildman–Crippen MR) is 69.6 cm³/mol. The van der Waals surface area contributed by atoms with Gasteiger partial charge < -0.3 is 4.90 Å². The number of benzene rings is 2. The zero-order valence-corrected chi connectivity index (χ0v) is 10.4. The van der Waals surface area contributed by atoms with Crippen LogP contribution in [0.5, 0.6) is 0 Å². The Morgan fingerprint density at radius 2 is 1.89 bits per heavy atom. The fourth-order valence-electron chi connectivity index (χ4n) is 1.83. The van der Waals surface area contributed by atoms with E-state index in [4.69, 9.17) is 5.26 Å². The Bertz CT molecular complexity index is 632. The van der Waals surface area contributed by atoms with E-state index in [9.17, 15) is 8.78 Å². The molecule has 2 aromatic rings. The highest BCUT2D eigenvalue weighted by molar-refractivity contribution is 5.51. The van der Waals surface area contributed by atoms with E-state index < -0.39 is 11.6 Å². The molecule has 2 aromatic carbocycles. The fraction of sp³-hybridized carbons (Fsp3) is 0.133. The highest BCUT2D eigenvalue weighted by Crippen LogP contribution is 2.19. The summed E-state index contributed by atoms with van der Waals surface area (Å²) < 4.78 is 26.7. The second-order valence-corrected chi connectivity index (χ2v) is 4.23. The minimum atomic E-state index is -0.850.